The summed E-state index contributed by atoms with van der Waals surface area (Å²) in [7, 11) is 0. The van der Waals surface area contributed by atoms with Crippen LogP contribution in [0.2, 0.25) is 0 Å². The summed E-state index contributed by atoms with van der Waals surface area (Å²) >= 11 is 0. The van der Waals surface area contributed by atoms with Gasteiger partial charge in [-0.2, -0.15) is 0 Å². The van der Waals surface area contributed by atoms with Crippen molar-refractivity contribution in [2.75, 3.05) is 0 Å². The molecule has 0 aromatic carbocycles. The van der Waals surface area contributed by atoms with Crippen molar-refractivity contribution in [1.29, 1.82) is 0 Å². The number of carbonyl (C=O) groups excluding carboxylic acids is 1. The van der Waals surface area contributed by atoms with E-state index in [0.717, 1.165) is 12.0 Å². The summed E-state index contributed by atoms with van der Waals surface area (Å²) in [5, 5.41) is 2.82. The molecule has 1 rings (SSSR count). The standard InChI is InChI=1S/C8H14N2O.ClH/c1-3-5(2)8(11)10-7-4-6(7)9;/h3,6-7H,4,9H2,1-2H3,(H,10,11);1H/b5-3-;. The molecule has 0 aromatic rings. The fourth-order valence-corrected chi connectivity index (χ4v) is 0.794. The van der Waals surface area contributed by atoms with Gasteiger partial charge in [-0.1, -0.05) is 6.08 Å². The summed E-state index contributed by atoms with van der Waals surface area (Å²) in [6.45, 7) is 3.64. The van der Waals surface area contributed by atoms with Crippen molar-refractivity contribution in [3.63, 3.8) is 0 Å². The van der Waals surface area contributed by atoms with E-state index in [1.54, 1.807) is 13.0 Å². The first-order chi connectivity index (χ1) is 5.15. The second kappa shape index (κ2) is 4.48. The highest BCUT2D eigenvalue weighted by Gasteiger charge is 2.34. The molecule has 2 atom stereocenters. The Morgan fingerprint density at radius 1 is 1.67 bits per heavy atom. The van der Waals surface area contributed by atoms with E-state index in [1.807, 2.05) is 6.92 Å². The molecule has 1 aliphatic rings. The number of hydrogen-bond acceptors (Lipinski definition) is 2. The van der Waals surface area contributed by atoms with E-state index in [9.17, 15) is 4.79 Å². The van der Waals surface area contributed by atoms with Crippen LogP contribution in [-0.2, 0) is 4.79 Å². The molecule has 0 aliphatic heterocycles. The molecule has 12 heavy (non-hydrogen) atoms. The Bertz CT molecular complexity index is 203. The van der Waals surface area contributed by atoms with Crippen molar-refractivity contribution in [1.82, 2.24) is 5.32 Å². The van der Waals surface area contributed by atoms with Crippen LogP contribution in [0.15, 0.2) is 11.6 Å². The summed E-state index contributed by atoms with van der Waals surface area (Å²) in [6.07, 6.45) is 2.71. The Morgan fingerprint density at radius 3 is 2.50 bits per heavy atom. The number of nitrogens with two attached hydrogens (primary N) is 1. The van der Waals surface area contributed by atoms with Gasteiger partial charge in [0.15, 0.2) is 0 Å². The lowest BCUT2D eigenvalue weighted by molar-refractivity contribution is -0.117. The van der Waals surface area contributed by atoms with Gasteiger partial charge in [0.2, 0.25) is 5.91 Å². The van der Waals surface area contributed by atoms with Crippen LogP contribution < -0.4 is 11.1 Å². The van der Waals surface area contributed by atoms with Crippen molar-refractivity contribution >= 4 is 18.3 Å². The van der Waals surface area contributed by atoms with Crippen LogP contribution in [0.4, 0.5) is 0 Å². The molecule has 70 valence electrons. The van der Waals surface area contributed by atoms with Gasteiger partial charge in [-0.25, -0.2) is 0 Å². The van der Waals surface area contributed by atoms with Gasteiger partial charge in [-0.15, -0.1) is 12.4 Å². The summed E-state index contributed by atoms with van der Waals surface area (Å²) in [4.78, 5) is 11.1. The number of nitrogens with one attached hydrogen (secondary N) is 1. The predicted molar refractivity (Wildman–Crippen MR) is 51.2 cm³/mol. The number of halogens is 1. The zero-order valence-electron chi connectivity index (χ0n) is 7.33. The zero-order valence-corrected chi connectivity index (χ0v) is 8.15. The van der Waals surface area contributed by atoms with Crippen LogP contribution >= 0.6 is 12.4 Å². The minimum absolute atomic E-state index is 0. The maximum Gasteiger partial charge on any atom is 0.246 e. The molecule has 3 nitrogen and oxygen atoms in total. The first-order valence-corrected chi connectivity index (χ1v) is 3.84. The van der Waals surface area contributed by atoms with Gasteiger partial charge in [0.05, 0.1) is 0 Å². The van der Waals surface area contributed by atoms with Crippen LogP contribution in [0.1, 0.15) is 20.3 Å². The van der Waals surface area contributed by atoms with Crippen molar-refractivity contribution in [3.8, 4) is 0 Å². The molecule has 4 heteroatoms. The molecule has 1 aliphatic carbocycles. The Morgan fingerprint density at radius 2 is 2.17 bits per heavy atom. The maximum atomic E-state index is 11.1. The van der Waals surface area contributed by atoms with Crippen LogP contribution in [0.25, 0.3) is 0 Å². The van der Waals surface area contributed by atoms with Gasteiger partial charge in [0, 0.05) is 17.7 Å². The summed E-state index contributed by atoms with van der Waals surface area (Å²) in [5.74, 6) is 0.00505. The van der Waals surface area contributed by atoms with Gasteiger partial charge in [-0.3, -0.25) is 4.79 Å². The normalized spacial score (nSPS) is 27.4. The fraction of sp³-hybridized carbons (Fsp3) is 0.625. The van der Waals surface area contributed by atoms with Gasteiger partial charge < -0.3 is 11.1 Å². The highest BCUT2D eigenvalue weighted by molar-refractivity contribution is 5.93. The first kappa shape index (κ1) is 11.5. The third-order valence-corrected chi connectivity index (χ3v) is 1.95. The molecule has 1 saturated carbocycles. The van der Waals surface area contributed by atoms with Crippen LogP contribution in [0, 0.1) is 0 Å². The summed E-state index contributed by atoms with van der Waals surface area (Å²) in [5.41, 5.74) is 6.28. The predicted octanol–water partition coefficient (Wildman–Crippen LogP) is 0.590. The molecule has 1 fully saturated rings. The summed E-state index contributed by atoms with van der Waals surface area (Å²) < 4.78 is 0. The SMILES string of the molecule is C/C=C(/C)C(=O)NC1CC1N.Cl. The highest BCUT2D eigenvalue weighted by Crippen LogP contribution is 2.17. The Hall–Kier alpha value is -0.540. The highest BCUT2D eigenvalue weighted by atomic mass is 35.5. The Balaban J connectivity index is 0.00000121. The number of amides is 1. The lowest BCUT2D eigenvalue weighted by atomic mass is 10.3. The van der Waals surface area contributed by atoms with Gasteiger partial charge in [0.1, 0.15) is 0 Å². The molecule has 0 bridgehead atoms. The fourth-order valence-electron chi connectivity index (χ4n) is 0.794. The quantitative estimate of drug-likeness (QED) is 0.627. The van der Waals surface area contributed by atoms with Crippen LogP contribution in [0.3, 0.4) is 0 Å². The van der Waals surface area contributed by atoms with E-state index in [-0.39, 0.29) is 30.4 Å². The van der Waals surface area contributed by atoms with E-state index >= 15 is 0 Å². The molecule has 2 unspecified atom stereocenters. The van der Waals surface area contributed by atoms with Gasteiger partial charge in [0.25, 0.3) is 0 Å². The van der Waals surface area contributed by atoms with Crippen molar-refractivity contribution in [3.05, 3.63) is 11.6 Å². The molecule has 3 N–H and O–H groups in total. The molecular weight excluding hydrogens is 176 g/mol. The van der Waals surface area contributed by atoms with E-state index in [0.29, 0.717) is 0 Å². The second-order valence-corrected chi connectivity index (χ2v) is 2.95. The first-order valence-electron chi connectivity index (χ1n) is 3.84. The third-order valence-electron chi connectivity index (χ3n) is 1.95. The van der Waals surface area contributed by atoms with E-state index < -0.39 is 0 Å². The minimum atomic E-state index is 0. The number of carbonyl (C=O) groups is 1. The summed E-state index contributed by atoms with van der Waals surface area (Å²) in [6, 6.07) is 0.404. The number of rotatable bonds is 2. The molecular formula is C8H15ClN2O. The zero-order chi connectivity index (χ0) is 8.43. The van der Waals surface area contributed by atoms with Gasteiger partial charge in [-0.05, 0) is 20.3 Å². The molecule has 0 aromatic heterocycles. The third kappa shape index (κ3) is 2.83. The molecule has 1 amide bonds. The minimum Gasteiger partial charge on any atom is -0.348 e. The maximum absolute atomic E-state index is 11.1. The second-order valence-electron chi connectivity index (χ2n) is 2.95. The monoisotopic (exact) mass is 190 g/mol. The van der Waals surface area contributed by atoms with E-state index in [1.165, 1.54) is 0 Å². The number of hydrogen-bond donors (Lipinski definition) is 2. The Labute approximate surface area is 78.8 Å². The average molecular weight is 191 g/mol. The molecule has 0 saturated heterocycles. The molecule has 0 radical (unpaired) electrons. The van der Waals surface area contributed by atoms with E-state index in [4.69, 9.17) is 5.73 Å². The van der Waals surface area contributed by atoms with Gasteiger partial charge >= 0.3 is 0 Å². The van der Waals surface area contributed by atoms with Crippen molar-refractivity contribution < 1.29 is 4.79 Å². The Kier molecular flexibility index (Phi) is 4.28. The number of allylic oxidation sites excluding steroid dienone is 1. The van der Waals surface area contributed by atoms with Crippen molar-refractivity contribution in [2.24, 2.45) is 5.73 Å². The molecule has 0 heterocycles. The lowest BCUT2D eigenvalue weighted by Gasteiger charge is -2.01. The average Bonchev–Trinajstić information content (AvgIpc) is 2.65. The lowest BCUT2D eigenvalue weighted by Crippen LogP contribution is -2.30. The smallest absolute Gasteiger partial charge is 0.246 e. The van der Waals surface area contributed by atoms with Crippen molar-refractivity contribution in [2.45, 2.75) is 32.4 Å². The van der Waals surface area contributed by atoms with E-state index in [2.05, 4.69) is 5.32 Å². The topological polar surface area (TPSA) is 55.1 Å². The van der Waals surface area contributed by atoms with Crippen LogP contribution in [-0.4, -0.2) is 18.0 Å². The largest absolute Gasteiger partial charge is 0.348 e. The molecule has 0 spiro atoms. The van der Waals surface area contributed by atoms with Crippen LogP contribution in [0.5, 0.6) is 0 Å².